The molecule has 0 bridgehead atoms. The van der Waals surface area contributed by atoms with E-state index in [0.29, 0.717) is 18.9 Å². The van der Waals surface area contributed by atoms with Crippen LogP contribution in [-0.2, 0) is 17.8 Å². The van der Waals surface area contributed by atoms with Gasteiger partial charge in [0.05, 0.1) is 13.2 Å². The number of unbranched alkanes of at least 4 members (excludes halogenated alkanes) is 1. The highest BCUT2D eigenvalue weighted by Crippen LogP contribution is 2.19. The highest BCUT2D eigenvalue weighted by atomic mass is 16.5. The molecule has 0 saturated carbocycles. The van der Waals surface area contributed by atoms with E-state index in [1.54, 1.807) is 4.90 Å². The lowest BCUT2D eigenvalue weighted by molar-refractivity contribution is 0.0773. The molecule has 0 spiro atoms. The largest absolute Gasteiger partial charge is 0.376 e. The number of carbonyl (C=O) groups is 1. The van der Waals surface area contributed by atoms with Crippen LogP contribution in [0.25, 0.3) is 0 Å². The fourth-order valence-corrected chi connectivity index (χ4v) is 1.97. The predicted molar refractivity (Wildman–Crippen MR) is 63.8 cm³/mol. The Hall–Kier alpha value is -1.36. The average molecular weight is 237 g/mol. The van der Waals surface area contributed by atoms with Gasteiger partial charge in [0.15, 0.2) is 5.69 Å². The number of hydrogen-bond donors (Lipinski definition) is 1. The molecule has 1 amide bonds. The molecule has 1 aliphatic heterocycles. The quantitative estimate of drug-likeness (QED) is 0.860. The highest BCUT2D eigenvalue weighted by molar-refractivity contribution is 5.93. The molecule has 2 heterocycles. The molecule has 5 nitrogen and oxygen atoms in total. The van der Waals surface area contributed by atoms with E-state index in [0.717, 1.165) is 37.1 Å². The molecule has 0 aromatic carbocycles. The van der Waals surface area contributed by atoms with Gasteiger partial charge in [-0.1, -0.05) is 13.3 Å². The van der Waals surface area contributed by atoms with Crippen molar-refractivity contribution < 1.29 is 9.53 Å². The van der Waals surface area contributed by atoms with Crippen LogP contribution in [0.4, 0.5) is 0 Å². The van der Waals surface area contributed by atoms with Crippen molar-refractivity contribution >= 4 is 5.91 Å². The fraction of sp³-hybridized carbons (Fsp3) is 0.667. The van der Waals surface area contributed by atoms with Crippen molar-refractivity contribution in [1.29, 1.82) is 0 Å². The van der Waals surface area contributed by atoms with E-state index in [9.17, 15) is 4.79 Å². The lowest BCUT2D eigenvalue weighted by atomic mass is 10.1. The zero-order chi connectivity index (χ0) is 12.3. The normalized spacial score (nSPS) is 14.5. The summed E-state index contributed by atoms with van der Waals surface area (Å²) in [6.07, 6.45) is 2.92. The summed E-state index contributed by atoms with van der Waals surface area (Å²) in [5.41, 5.74) is 2.51. The first-order chi connectivity index (χ1) is 8.24. The molecule has 0 atom stereocenters. The monoisotopic (exact) mass is 237 g/mol. The number of aromatic amines is 1. The molecular formula is C12H19N3O2. The molecular weight excluding hydrogens is 218 g/mol. The van der Waals surface area contributed by atoms with Gasteiger partial charge >= 0.3 is 0 Å². The first-order valence-electron chi connectivity index (χ1n) is 6.13. The van der Waals surface area contributed by atoms with E-state index in [2.05, 4.69) is 17.1 Å². The van der Waals surface area contributed by atoms with Crippen LogP contribution in [0.2, 0.25) is 0 Å². The van der Waals surface area contributed by atoms with Gasteiger partial charge < -0.3 is 9.64 Å². The van der Waals surface area contributed by atoms with E-state index in [4.69, 9.17) is 4.74 Å². The van der Waals surface area contributed by atoms with Crippen LogP contribution in [0.1, 0.15) is 41.5 Å². The van der Waals surface area contributed by atoms with Gasteiger partial charge in [-0.25, -0.2) is 0 Å². The summed E-state index contributed by atoms with van der Waals surface area (Å²) in [6.45, 7) is 4.09. The summed E-state index contributed by atoms with van der Waals surface area (Å²) in [7, 11) is 1.82. The van der Waals surface area contributed by atoms with Gasteiger partial charge in [0.1, 0.15) is 0 Å². The maximum absolute atomic E-state index is 12.2. The number of hydrogen-bond acceptors (Lipinski definition) is 3. The van der Waals surface area contributed by atoms with Crippen molar-refractivity contribution in [3.63, 3.8) is 0 Å². The molecule has 0 unspecified atom stereocenters. The van der Waals surface area contributed by atoms with Crippen LogP contribution < -0.4 is 0 Å². The van der Waals surface area contributed by atoms with Crippen LogP contribution in [0.3, 0.4) is 0 Å². The van der Waals surface area contributed by atoms with Crippen LogP contribution in [0.15, 0.2) is 0 Å². The van der Waals surface area contributed by atoms with E-state index < -0.39 is 0 Å². The van der Waals surface area contributed by atoms with Gasteiger partial charge in [0.25, 0.3) is 5.91 Å². The van der Waals surface area contributed by atoms with Crippen LogP contribution in [0, 0.1) is 0 Å². The van der Waals surface area contributed by atoms with Crippen molar-refractivity contribution in [2.45, 2.75) is 32.8 Å². The molecule has 5 heteroatoms. The summed E-state index contributed by atoms with van der Waals surface area (Å²) in [6, 6.07) is 0. The van der Waals surface area contributed by atoms with Crippen molar-refractivity contribution in [2.75, 3.05) is 20.2 Å². The Morgan fingerprint density at radius 2 is 2.41 bits per heavy atom. The summed E-state index contributed by atoms with van der Waals surface area (Å²) in [5, 5.41) is 7.07. The lowest BCUT2D eigenvalue weighted by Gasteiger charge is -2.17. The Morgan fingerprint density at radius 1 is 1.59 bits per heavy atom. The van der Waals surface area contributed by atoms with Gasteiger partial charge in [-0.05, 0) is 6.42 Å². The molecule has 0 radical (unpaired) electrons. The number of ether oxygens (including phenoxy) is 1. The number of amides is 1. The van der Waals surface area contributed by atoms with Crippen molar-refractivity contribution in [3.05, 3.63) is 17.0 Å². The van der Waals surface area contributed by atoms with Gasteiger partial charge in [0.2, 0.25) is 0 Å². The lowest BCUT2D eigenvalue weighted by Crippen LogP contribution is -2.29. The third-order valence-corrected chi connectivity index (χ3v) is 3.09. The zero-order valence-electron chi connectivity index (χ0n) is 10.5. The average Bonchev–Trinajstić information content (AvgIpc) is 2.78. The number of nitrogens with one attached hydrogen (secondary N) is 1. The predicted octanol–water partition coefficient (Wildman–Crippen LogP) is 1.35. The van der Waals surface area contributed by atoms with E-state index in [1.165, 1.54) is 0 Å². The number of nitrogens with zero attached hydrogens (tertiary/aromatic N) is 2. The summed E-state index contributed by atoms with van der Waals surface area (Å²) in [4.78, 5) is 13.9. The standard InChI is InChI=1S/C12H19N3O2/c1-3-4-6-15(2)12(16)11-9-8-17-7-5-10(9)13-14-11/h3-8H2,1-2H3,(H,13,14). The van der Waals surface area contributed by atoms with Gasteiger partial charge in [-0.2, -0.15) is 5.10 Å². The Kier molecular flexibility index (Phi) is 3.78. The van der Waals surface area contributed by atoms with Gasteiger partial charge in [0, 0.05) is 31.3 Å². The maximum Gasteiger partial charge on any atom is 0.274 e. The number of H-pyrrole nitrogens is 1. The molecule has 1 aromatic heterocycles. The summed E-state index contributed by atoms with van der Waals surface area (Å²) >= 11 is 0. The summed E-state index contributed by atoms with van der Waals surface area (Å²) < 4.78 is 5.38. The highest BCUT2D eigenvalue weighted by Gasteiger charge is 2.23. The molecule has 1 aliphatic rings. The SMILES string of the molecule is CCCCN(C)C(=O)c1n[nH]c2c1COCC2. The maximum atomic E-state index is 12.2. The van der Waals surface area contributed by atoms with Crippen LogP contribution >= 0.6 is 0 Å². The minimum atomic E-state index is -0.0125. The Labute approximate surface area is 101 Å². The number of rotatable bonds is 4. The second-order valence-corrected chi connectivity index (χ2v) is 4.41. The van der Waals surface area contributed by atoms with Crippen molar-refractivity contribution in [3.8, 4) is 0 Å². The molecule has 0 fully saturated rings. The molecule has 17 heavy (non-hydrogen) atoms. The third kappa shape index (κ3) is 2.49. The first-order valence-corrected chi connectivity index (χ1v) is 6.13. The topological polar surface area (TPSA) is 58.2 Å². The van der Waals surface area contributed by atoms with Crippen LogP contribution in [-0.4, -0.2) is 41.2 Å². The van der Waals surface area contributed by atoms with E-state index >= 15 is 0 Å². The Balaban J connectivity index is 2.11. The second kappa shape index (κ2) is 5.31. The third-order valence-electron chi connectivity index (χ3n) is 3.09. The Bertz CT molecular complexity index is 400. The fourth-order valence-electron chi connectivity index (χ4n) is 1.97. The number of aromatic nitrogens is 2. The molecule has 2 rings (SSSR count). The first kappa shape index (κ1) is 12.1. The minimum absolute atomic E-state index is 0.0125. The number of carbonyl (C=O) groups excluding carboxylic acids is 1. The van der Waals surface area contributed by atoms with Gasteiger partial charge in [-0.15, -0.1) is 0 Å². The van der Waals surface area contributed by atoms with Crippen LogP contribution in [0.5, 0.6) is 0 Å². The van der Waals surface area contributed by atoms with E-state index in [-0.39, 0.29) is 5.91 Å². The zero-order valence-corrected chi connectivity index (χ0v) is 10.5. The minimum Gasteiger partial charge on any atom is -0.376 e. The molecule has 1 N–H and O–H groups in total. The Morgan fingerprint density at radius 3 is 3.18 bits per heavy atom. The smallest absolute Gasteiger partial charge is 0.274 e. The summed E-state index contributed by atoms with van der Waals surface area (Å²) in [5.74, 6) is -0.0125. The second-order valence-electron chi connectivity index (χ2n) is 4.41. The molecule has 1 aromatic rings. The van der Waals surface area contributed by atoms with Crippen molar-refractivity contribution in [1.82, 2.24) is 15.1 Å². The van der Waals surface area contributed by atoms with Crippen molar-refractivity contribution in [2.24, 2.45) is 0 Å². The van der Waals surface area contributed by atoms with E-state index in [1.807, 2.05) is 7.05 Å². The molecule has 94 valence electrons. The number of fused-ring (bicyclic) bond motifs is 1. The molecule has 0 aliphatic carbocycles. The molecule has 0 saturated heterocycles. The van der Waals surface area contributed by atoms with Gasteiger partial charge in [-0.3, -0.25) is 9.89 Å².